The third-order valence-electron chi connectivity index (χ3n) is 3.40. The van der Waals surface area contributed by atoms with Crippen molar-refractivity contribution < 1.29 is 14.6 Å². The van der Waals surface area contributed by atoms with Gasteiger partial charge in [-0.2, -0.15) is 4.98 Å². The summed E-state index contributed by atoms with van der Waals surface area (Å²) in [6.45, 7) is 0. The molecule has 0 saturated carbocycles. The normalized spacial score (nSPS) is 10.2. The Morgan fingerprint density at radius 2 is 1.57 bits per heavy atom. The van der Waals surface area contributed by atoms with Crippen molar-refractivity contribution in [2.75, 3.05) is 10.9 Å². The molecule has 11 nitrogen and oxygen atoms in total. The van der Waals surface area contributed by atoms with Gasteiger partial charge in [0, 0.05) is 16.6 Å². The molecule has 0 atom stereocenters. The van der Waals surface area contributed by atoms with Gasteiger partial charge in [-0.1, -0.05) is 15.9 Å². The van der Waals surface area contributed by atoms with Gasteiger partial charge in [0.05, 0.1) is 15.5 Å². The van der Waals surface area contributed by atoms with Crippen LogP contribution >= 0.6 is 15.9 Å². The highest BCUT2D eigenvalue weighted by Gasteiger charge is 2.25. The second-order valence-corrected chi connectivity index (χ2v) is 6.16. The second-order valence-electron chi connectivity index (χ2n) is 5.24. The molecule has 3 rings (SSSR count). The van der Waals surface area contributed by atoms with Gasteiger partial charge in [-0.05, 0) is 36.4 Å². The van der Waals surface area contributed by atoms with E-state index < -0.39 is 15.5 Å². The Balaban J connectivity index is 1.81. The molecule has 0 unspecified atom stereocenters. The van der Waals surface area contributed by atoms with Crippen LogP contribution in [0.1, 0.15) is 0 Å². The molecule has 0 radical (unpaired) electrons. The quantitative estimate of drug-likeness (QED) is 0.400. The van der Waals surface area contributed by atoms with E-state index in [1.165, 1.54) is 24.3 Å². The maximum absolute atomic E-state index is 11.5. The average Bonchev–Trinajstić information content (AvgIpc) is 2.68. The molecule has 28 heavy (non-hydrogen) atoms. The van der Waals surface area contributed by atoms with Gasteiger partial charge in [0.1, 0.15) is 12.1 Å². The van der Waals surface area contributed by atoms with Crippen molar-refractivity contribution in [3.8, 4) is 11.6 Å². The van der Waals surface area contributed by atoms with Crippen LogP contribution in [0.5, 0.6) is 11.6 Å². The minimum Gasteiger partial charge on any atom is -0.434 e. The van der Waals surface area contributed by atoms with E-state index >= 15 is 0 Å². The summed E-state index contributed by atoms with van der Waals surface area (Å²) < 4.78 is 6.33. The Kier molecular flexibility index (Phi) is 5.60. The Hall–Kier alpha value is -3.80. The van der Waals surface area contributed by atoms with Crippen LogP contribution in [0, 0.1) is 20.2 Å². The van der Waals surface area contributed by atoms with E-state index in [9.17, 15) is 20.2 Å². The number of non-ortho nitro benzene ring substituents is 1. The van der Waals surface area contributed by atoms with Crippen molar-refractivity contribution in [1.29, 1.82) is 0 Å². The number of ether oxygens (including phenoxy) is 1. The molecule has 0 aliphatic rings. The predicted octanol–water partition coefficient (Wildman–Crippen LogP) is 4.29. The Labute approximate surface area is 165 Å². The third-order valence-corrected chi connectivity index (χ3v) is 3.93. The van der Waals surface area contributed by atoms with Gasteiger partial charge < -0.3 is 4.74 Å². The molecular formula is C16H11BrN6O5. The number of nitro groups is 2. The lowest BCUT2D eigenvalue weighted by Gasteiger charge is -2.11. The minimum absolute atomic E-state index is 0.0799. The lowest BCUT2D eigenvalue weighted by molar-refractivity contribution is -0.385. The van der Waals surface area contributed by atoms with Gasteiger partial charge in [0.2, 0.25) is 5.82 Å². The highest BCUT2D eigenvalue weighted by atomic mass is 79.9. The molecule has 1 aromatic heterocycles. The Morgan fingerprint density at radius 1 is 0.893 bits per heavy atom. The predicted molar refractivity (Wildman–Crippen MR) is 103 cm³/mol. The summed E-state index contributed by atoms with van der Waals surface area (Å²) in [4.78, 5) is 28.7. The summed E-state index contributed by atoms with van der Waals surface area (Å²) in [5.41, 5.74) is 5.17. The first kappa shape index (κ1) is 19.0. The SMILES string of the molecule is O=[N+]([O-])c1ccc(NNc2ncnc(Oc3ccc(Br)cc3)c2[N+](=O)[O-])cc1. The standard InChI is InChI=1S/C16H11BrN6O5/c17-10-1-7-13(8-2-10)28-16-14(23(26)27)15(18-9-19-16)21-20-11-3-5-12(6-4-11)22(24)25/h1-9,20H,(H,18,19,21). The van der Waals surface area contributed by atoms with E-state index in [1.807, 2.05) is 0 Å². The molecule has 142 valence electrons. The molecule has 1 heterocycles. The van der Waals surface area contributed by atoms with E-state index in [-0.39, 0.29) is 17.4 Å². The van der Waals surface area contributed by atoms with Crippen molar-refractivity contribution >= 4 is 38.8 Å². The number of nitro benzene ring substituents is 1. The minimum atomic E-state index is -0.673. The fourth-order valence-electron chi connectivity index (χ4n) is 2.11. The van der Waals surface area contributed by atoms with Crippen molar-refractivity contribution in [3.63, 3.8) is 0 Å². The second kappa shape index (κ2) is 8.26. The number of hydrazine groups is 1. The largest absolute Gasteiger partial charge is 0.434 e. The maximum atomic E-state index is 11.5. The van der Waals surface area contributed by atoms with Crippen molar-refractivity contribution in [2.45, 2.75) is 0 Å². The smallest absolute Gasteiger partial charge is 0.374 e. The number of rotatable bonds is 7. The van der Waals surface area contributed by atoms with E-state index in [0.717, 1.165) is 10.8 Å². The number of aromatic nitrogens is 2. The van der Waals surface area contributed by atoms with Crippen LogP contribution in [0.2, 0.25) is 0 Å². The lowest BCUT2D eigenvalue weighted by Crippen LogP contribution is -2.12. The van der Waals surface area contributed by atoms with Crippen LogP contribution in [0.25, 0.3) is 0 Å². The number of nitrogens with one attached hydrogen (secondary N) is 2. The van der Waals surface area contributed by atoms with Gasteiger partial charge in [-0.15, -0.1) is 0 Å². The molecule has 2 N–H and O–H groups in total. The molecule has 2 aromatic carbocycles. The molecule has 0 fully saturated rings. The fraction of sp³-hybridized carbons (Fsp3) is 0. The van der Waals surface area contributed by atoms with Crippen molar-refractivity contribution in [2.24, 2.45) is 0 Å². The number of halogens is 1. The van der Waals surface area contributed by atoms with Crippen LogP contribution in [-0.4, -0.2) is 19.8 Å². The molecular weight excluding hydrogens is 436 g/mol. The summed E-state index contributed by atoms with van der Waals surface area (Å²) in [7, 11) is 0. The summed E-state index contributed by atoms with van der Waals surface area (Å²) in [6.07, 6.45) is 1.11. The number of hydrogen-bond acceptors (Lipinski definition) is 9. The molecule has 0 spiro atoms. The number of nitrogens with zero attached hydrogens (tertiary/aromatic N) is 4. The van der Waals surface area contributed by atoms with Gasteiger partial charge in [-0.25, -0.2) is 4.98 Å². The van der Waals surface area contributed by atoms with E-state index in [1.54, 1.807) is 24.3 Å². The number of hydrogen-bond donors (Lipinski definition) is 2. The zero-order chi connectivity index (χ0) is 20.1. The molecule has 0 aliphatic heterocycles. The van der Waals surface area contributed by atoms with Gasteiger partial charge in [0.25, 0.3) is 5.69 Å². The van der Waals surface area contributed by atoms with Crippen LogP contribution in [0.15, 0.2) is 59.3 Å². The molecule has 0 saturated heterocycles. The topological polar surface area (TPSA) is 145 Å². The van der Waals surface area contributed by atoms with Gasteiger partial charge in [-0.3, -0.25) is 31.1 Å². The summed E-state index contributed by atoms with van der Waals surface area (Å²) in [5, 5.41) is 22.2. The zero-order valence-electron chi connectivity index (χ0n) is 13.9. The number of anilines is 2. The summed E-state index contributed by atoms with van der Waals surface area (Å²) in [6, 6.07) is 12.2. The lowest BCUT2D eigenvalue weighted by atomic mass is 10.3. The first-order chi connectivity index (χ1) is 13.4. The molecule has 3 aromatic rings. The molecule has 0 aliphatic carbocycles. The fourth-order valence-corrected chi connectivity index (χ4v) is 2.37. The van der Waals surface area contributed by atoms with Crippen molar-refractivity contribution in [3.05, 3.63) is 79.6 Å². The third kappa shape index (κ3) is 4.48. The Morgan fingerprint density at radius 3 is 2.18 bits per heavy atom. The zero-order valence-corrected chi connectivity index (χ0v) is 15.5. The van der Waals surface area contributed by atoms with Gasteiger partial charge in [0.15, 0.2) is 0 Å². The van der Waals surface area contributed by atoms with Crippen LogP contribution in [0.4, 0.5) is 22.9 Å². The maximum Gasteiger partial charge on any atom is 0.374 e. The van der Waals surface area contributed by atoms with Gasteiger partial charge >= 0.3 is 11.6 Å². The highest BCUT2D eigenvalue weighted by Crippen LogP contribution is 2.34. The summed E-state index contributed by atoms with van der Waals surface area (Å²) in [5.74, 6) is -0.0138. The Bertz CT molecular complexity index is 1010. The van der Waals surface area contributed by atoms with E-state index in [2.05, 4.69) is 36.7 Å². The van der Waals surface area contributed by atoms with Crippen LogP contribution < -0.4 is 15.6 Å². The van der Waals surface area contributed by atoms with Crippen molar-refractivity contribution in [1.82, 2.24) is 9.97 Å². The molecule has 0 amide bonds. The molecule has 12 heteroatoms. The summed E-state index contributed by atoms with van der Waals surface area (Å²) >= 11 is 3.29. The highest BCUT2D eigenvalue weighted by molar-refractivity contribution is 9.10. The monoisotopic (exact) mass is 446 g/mol. The number of benzene rings is 2. The molecule has 0 bridgehead atoms. The van der Waals surface area contributed by atoms with Crippen LogP contribution in [0.3, 0.4) is 0 Å². The van der Waals surface area contributed by atoms with Crippen LogP contribution in [-0.2, 0) is 0 Å². The first-order valence-electron chi connectivity index (χ1n) is 7.63. The first-order valence-corrected chi connectivity index (χ1v) is 8.42. The van der Waals surface area contributed by atoms with E-state index in [4.69, 9.17) is 4.74 Å². The van der Waals surface area contributed by atoms with E-state index in [0.29, 0.717) is 11.4 Å². The average molecular weight is 447 g/mol.